The molecule has 4 nitrogen and oxygen atoms in total. The van der Waals surface area contributed by atoms with Gasteiger partial charge in [0.2, 0.25) is 0 Å². The number of hydrogen-bond donors (Lipinski definition) is 1. The third-order valence-corrected chi connectivity index (χ3v) is 6.84. The number of amides is 1. The van der Waals surface area contributed by atoms with Crippen LogP contribution in [0, 0.1) is 17.2 Å². The van der Waals surface area contributed by atoms with Gasteiger partial charge in [-0.1, -0.05) is 6.07 Å². The van der Waals surface area contributed by atoms with Crippen LogP contribution >= 0.6 is 11.3 Å². The zero-order valence-electron chi connectivity index (χ0n) is 14.0. The molecule has 3 aliphatic heterocycles. The Morgan fingerprint density at radius 3 is 2.75 bits per heavy atom. The molecule has 5 heteroatoms. The van der Waals surface area contributed by atoms with Crippen molar-refractivity contribution in [3.05, 3.63) is 34.7 Å². The number of piperidine rings is 3. The third-order valence-electron chi connectivity index (χ3n) is 5.75. The maximum absolute atomic E-state index is 12.8. The Balaban J connectivity index is 1.59. The fourth-order valence-electron chi connectivity index (χ4n) is 4.30. The SMILES string of the molecule is CC1(C)[C@@H](NC(=O)c2cc3ccc(C#N)cc3s2)C2CCN1CC2. The summed E-state index contributed by atoms with van der Waals surface area (Å²) in [5, 5.41) is 13.4. The number of nitrogens with zero attached hydrogens (tertiary/aromatic N) is 2. The zero-order valence-corrected chi connectivity index (χ0v) is 14.8. The second kappa shape index (κ2) is 5.58. The highest BCUT2D eigenvalue weighted by atomic mass is 32.1. The molecule has 0 radical (unpaired) electrons. The Morgan fingerprint density at radius 2 is 2.08 bits per heavy atom. The van der Waals surface area contributed by atoms with Gasteiger partial charge in [0.1, 0.15) is 0 Å². The molecule has 0 saturated carbocycles. The van der Waals surface area contributed by atoms with Gasteiger partial charge >= 0.3 is 0 Å². The van der Waals surface area contributed by atoms with Gasteiger partial charge in [-0.3, -0.25) is 9.69 Å². The van der Waals surface area contributed by atoms with E-state index >= 15 is 0 Å². The minimum atomic E-state index is 0.0153. The Hall–Kier alpha value is -1.90. The van der Waals surface area contributed by atoms with Crippen LogP contribution in [-0.2, 0) is 0 Å². The van der Waals surface area contributed by atoms with Crippen LogP contribution in [0.5, 0.6) is 0 Å². The molecule has 1 amide bonds. The molecule has 0 aliphatic carbocycles. The predicted octanol–water partition coefficient (Wildman–Crippen LogP) is 3.38. The van der Waals surface area contributed by atoms with E-state index in [4.69, 9.17) is 5.26 Å². The molecule has 1 atom stereocenters. The van der Waals surface area contributed by atoms with E-state index in [1.165, 1.54) is 24.2 Å². The Bertz CT molecular complexity index is 840. The zero-order chi connectivity index (χ0) is 16.9. The first-order chi connectivity index (χ1) is 11.5. The summed E-state index contributed by atoms with van der Waals surface area (Å²) in [7, 11) is 0. The van der Waals surface area contributed by atoms with Gasteiger partial charge in [0.15, 0.2) is 0 Å². The van der Waals surface area contributed by atoms with Gasteiger partial charge in [-0.2, -0.15) is 5.26 Å². The predicted molar refractivity (Wildman–Crippen MR) is 96.2 cm³/mol. The molecule has 1 aromatic carbocycles. The fourth-order valence-corrected chi connectivity index (χ4v) is 5.31. The lowest BCUT2D eigenvalue weighted by atomic mass is 9.72. The largest absolute Gasteiger partial charge is 0.346 e. The van der Waals surface area contributed by atoms with Crippen LogP contribution in [-0.4, -0.2) is 35.5 Å². The van der Waals surface area contributed by atoms with Crippen molar-refractivity contribution in [1.82, 2.24) is 10.2 Å². The number of fused-ring (bicyclic) bond motifs is 4. The maximum atomic E-state index is 12.8. The Labute approximate surface area is 146 Å². The molecule has 2 aromatic rings. The van der Waals surface area contributed by atoms with Crippen LogP contribution < -0.4 is 5.32 Å². The number of benzene rings is 1. The molecule has 0 unspecified atom stereocenters. The fraction of sp³-hybridized carbons (Fsp3) is 0.474. The van der Waals surface area contributed by atoms with Crippen LogP contribution in [0.1, 0.15) is 41.9 Å². The van der Waals surface area contributed by atoms with Crippen molar-refractivity contribution in [3.8, 4) is 6.07 Å². The summed E-state index contributed by atoms with van der Waals surface area (Å²) in [6.07, 6.45) is 2.35. The number of thiophene rings is 1. The summed E-state index contributed by atoms with van der Waals surface area (Å²) in [5.41, 5.74) is 0.649. The van der Waals surface area contributed by atoms with Crippen LogP contribution in [0.15, 0.2) is 24.3 Å². The molecule has 2 bridgehead atoms. The number of carbonyl (C=O) groups is 1. The second-order valence-electron chi connectivity index (χ2n) is 7.40. The summed E-state index contributed by atoms with van der Waals surface area (Å²) in [5.74, 6) is 0.593. The van der Waals surface area contributed by atoms with Crippen molar-refractivity contribution in [2.24, 2.45) is 5.92 Å². The Morgan fingerprint density at radius 1 is 1.33 bits per heavy atom. The van der Waals surface area contributed by atoms with Gasteiger partial charge in [-0.05, 0) is 69.3 Å². The number of carbonyl (C=O) groups excluding carboxylic acids is 1. The maximum Gasteiger partial charge on any atom is 0.261 e. The molecular weight excluding hydrogens is 318 g/mol. The summed E-state index contributed by atoms with van der Waals surface area (Å²) in [6.45, 7) is 6.77. The van der Waals surface area contributed by atoms with Crippen molar-refractivity contribution in [1.29, 1.82) is 5.26 Å². The molecular formula is C19H21N3OS. The van der Waals surface area contributed by atoms with E-state index in [0.29, 0.717) is 11.5 Å². The van der Waals surface area contributed by atoms with Crippen LogP contribution in [0.25, 0.3) is 10.1 Å². The molecule has 3 fully saturated rings. The van der Waals surface area contributed by atoms with Gasteiger partial charge in [0.05, 0.1) is 16.5 Å². The molecule has 3 aliphatic rings. The van der Waals surface area contributed by atoms with Gasteiger partial charge in [0.25, 0.3) is 5.91 Å². The highest BCUT2D eigenvalue weighted by molar-refractivity contribution is 7.20. The average Bonchev–Trinajstić information content (AvgIpc) is 3.01. The second-order valence-corrected chi connectivity index (χ2v) is 8.49. The van der Waals surface area contributed by atoms with E-state index in [0.717, 1.165) is 28.1 Å². The third kappa shape index (κ3) is 2.42. The van der Waals surface area contributed by atoms with E-state index < -0.39 is 0 Å². The van der Waals surface area contributed by atoms with Gasteiger partial charge in [-0.25, -0.2) is 0 Å². The number of rotatable bonds is 2. The summed E-state index contributed by atoms with van der Waals surface area (Å²) < 4.78 is 0.993. The summed E-state index contributed by atoms with van der Waals surface area (Å²) >= 11 is 1.47. The summed E-state index contributed by atoms with van der Waals surface area (Å²) in [6, 6.07) is 9.86. The highest BCUT2D eigenvalue weighted by Crippen LogP contribution is 2.39. The quantitative estimate of drug-likeness (QED) is 0.912. The van der Waals surface area contributed by atoms with Crippen molar-refractivity contribution < 1.29 is 4.79 Å². The summed E-state index contributed by atoms with van der Waals surface area (Å²) in [4.78, 5) is 16.0. The lowest BCUT2D eigenvalue weighted by Gasteiger charge is -2.56. The molecule has 1 N–H and O–H groups in total. The first-order valence-electron chi connectivity index (χ1n) is 8.48. The van der Waals surface area contributed by atoms with Crippen molar-refractivity contribution in [2.75, 3.05) is 13.1 Å². The minimum absolute atomic E-state index is 0.0153. The van der Waals surface area contributed by atoms with E-state index in [2.05, 4.69) is 30.1 Å². The monoisotopic (exact) mass is 339 g/mol. The topological polar surface area (TPSA) is 56.1 Å². The normalized spacial score (nSPS) is 27.8. The number of nitriles is 1. The average molecular weight is 339 g/mol. The molecule has 124 valence electrons. The Kier molecular flexibility index (Phi) is 3.63. The van der Waals surface area contributed by atoms with Crippen molar-refractivity contribution >= 4 is 27.3 Å². The molecule has 4 heterocycles. The smallest absolute Gasteiger partial charge is 0.261 e. The first-order valence-corrected chi connectivity index (χ1v) is 9.30. The highest BCUT2D eigenvalue weighted by Gasteiger charge is 2.48. The lowest BCUT2D eigenvalue weighted by Crippen LogP contribution is -2.69. The number of hydrogen-bond acceptors (Lipinski definition) is 4. The number of nitrogens with one attached hydrogen (secondary N) is 1. The van der Waals surface area contributed by atoms with Gasteiger partial charge in [0, 0.05) is 16.3 Å². The standard InChI is InChI=1S/C19H21N3OS/c1-19(2)17(13-5-7-22(19)8-6-13)21-18(23)16-10-14-4-3-12(11-20)9-15(14)24-16/h3-4,9-10,13,17H,5-8H2,1-2H3,(H,21,23)/t17-/m0/s1. The minimum Gasteiger partial charge on any atom is -0.346 e. The van der Waals surface area contributed by atoms with Crippen LogP contribution in [0.2, 0.25) is 0 Å². The molecule has 24 heavy (non-hydrogen) atoms. The van der Waals surface area contributed by atoms with Crippen LogP contribution in [0.4, 0.5) is 0 Å². The van der Waals surface area contributed by atoms with E-state index in [9.17, 15) is 4.79 Å². The van der Waals surface area contributed by atoms with Crippen molar-refractivity contribution in [3.63, 3.8) is 0 Å². The van der Waals surface area contributed by atoms with Gasteiger partial charge < -0.3 is 5.32 Å². The molecule has 0 spiro atoms. The lowest BCUT2D eigenvalue weighted by molar-refractivity contribution is -0.0377. The first kappa shape index (κ1) is 15.6. The van der Waals surface area contributed by atoms with Crippen LogP contribution in [0.3, 0.4) is 0 Å². The van der Waals surface area contributed by atoms with Gasteiger partial charge in [-0.15, -0.1) is 11.3 Å². The molecule has 5 rings (SSSR count). The van der Waals surface area contributed by atoms with E-state index in [1.807, 2.05) is 18.2 Å². The molecule has 1 aromatic heterocycles. The van der Waals surface area contributed by atoms with E-state index in [-0.39, 0.29) is 17.5 Å². The van der Waals surface area contributed by atoms with Crippen molar-refractivity contribution in [2.45, 2.75) is 38.3 Å². The van der Waals surface area contributed by atoms with E-state index in [1.54, 1.807) is 6.07 Å². The molecule has 3 saturated heterocycles.